The zero-order chi connectivity index (χ0) is 14.7. The third kappa shape index (κ3) is 3.12. The number of halogens is 1. The zero-order valence-corrected chi connectivity index (χ0v) is 12.1. The molecule has 20 heavy (non-hydrogen) atoms. The molecule has 0 aliphatic carbocycles. The summed E-state index contributed by atoms with van der Waals surface area (Å²) in [6, 6.07) is 5.83. The summed E-state index contributed by atoms with van der Waals surface area (Å²) < 4.78 is 0. The van der Waals surface area contributed by atoms with E-state index < -0.39 is 12.0 Å². The molecule has 1 aliphatic heterocycles. The van der Waals surface area contributed by atoms with Crippen LogP contribution >= 0.6 is 11.6 Å². The van der Waals surface area contributed by atoms with Crippen LogP contribution in [0.25, 0.3) is 0 Å². The molecule has 1 saturated heterocycles. The Morgan fingerprint density at radius 2 is 2.00 bits per heavy atom. The maximum Gasteiger partial charge on any atom is 0.326 e. The molecule has 0 aromatic heterocycles. The highest BCUT2D eigenvalue weighted by Crippen LogP contribution is 2.27. The fourth-order valence-corrected chi connectivity index (χ4v) is 2.77. The number of carbonyl (C=O) groups excluding carboxylic acids is 1. The summed E-state index contributed by atoms with van der Waals surface area (Å²) in [6.07, 6.45) is 2.34. The Morgan fingerprint density at radius 3 is 2.55 bits per heavy atom. The van der Waals surface area contributed by atoms with Crippen molar-refractivity contribution in [3.05, 3.63) is 34.9 Å². The number of amides is 1. The fourth-order valence-electron chi connectivity index (χ4n) is 2.64. The number of carbonyl (C=O) groups is 2. The maximum absolute atomic E-state index is 12.4. The van der Waals surface area contributed by atoms with Crippen molar-refractivity contribution in [1.29, 1.82) is 0 Å². The Kier molecular flexibility index (Phi) is 4.65. The topological polar surface area (TPSA) is 57.6 Å². The summed E-state index contributed by atoms with van der Waals surface area (Å²) in [5.41, 5.74) is 0.482. The number of nitrogens with zero attached hydrogens (tertiary/aromatic N) is 1. The Hall–Kier alpha value is -1.55. The Morgan fingerprint density at radius 1 is 1.35 bits per heavy atom. The van der Waals surface area contributed by atoms with Crippen LogP contribution in [0.3, 0.4) is 0 Å². The molecule has 0 radical (unpaired) electrons. The van der Waals surface area contributed by atoms with Gasteiger partial charge in [0.05, 0.1) is 0 Å². The molecule has 1 aromatic rings. The van der Waals surface area contributed by atoms with Crippen molar-refractivity contribution in [1.82, 2.24) is 4.90 Å². The van der Waals surface area contributed by atoms with Gasteiger partial charge in [-0.15, -0.1) is 0 Å². The molecule has 1 amide bonds. The third-order valence-electron chi connectivity index (χ3n) is 3.93. The molecule has 1 aromatic carbocycles. The van der Waals surface area contributed by atoms with Crippen molar-refractivity contribution in [2.24, 2.45) is 5.92 Å². The first-order valence-electron chi connectivity index (χ1n) is 6.82. The molecule has 5 heteroatoms. The van der Waals surface area contributed by atoms with E-state index in [-0.39, 0.29) is 5.91 Å². The number of carboxylic acid groups (broad SMARTS) is 1. The van der Waals surface area contributed by atoms with E-state index in [9.17, 15) is 14.7 Å². The monoisotopic (exact) mass is 295 g/mol. The lowest BCUT2D eigenvalue weighted by Gasteiger charge is -2.37. The number of benzene rings is 1. The average molecular weight is 296 g/mol. The van der Waals surface area contributed by atoms with Crippen LogP contribution in [0.15, 0.2) is 24.3 Å². The van der Waals surface area contributed by atoms with Crippen molar-refractivity contribution in [3.63, 3.8) is 0 Å². The molecule has 0 bridgehead atoms. The highest BCUT2D eigenvalue weighted by atomic mass is 35.5. The number of likely N-dealkylation sites (tertiary alicyclic amines) is 1. The van der Waals surface area contributed by atoms with Gasteiger partial charge >= 0.3 is 5.97 Å². The molecule has 1 heterocycles. The van der Waals surface area contributed by atoms with E-state index in [4.69, 9.17) is 11.6 Å². The normalized spacial score (nSPS) is 22.6. The van der Waals surface area contributed by atoms with Gasteiger partial charge in [-0.2, -0.15) is 0 Å². The molecule has 2 unspecified atom stereocenters. The summed E-state index contributed by atoms with van der Waals surface area (Å²) in [4.78, 5) is 25.3. The number of carboxylic acids is 1. The Balaban J connectivity index is 2.19. The summed E-state index contributed by atoms with van der Waals surface area (Å²) in [6.45, 7) is 2.55. The molecule has 1 aliphatic rings. The Bertz CT molecular complexity index is 500. The first-order chi connectivity index (χ1) is 9.52. The molecular weight excluding hydrogens is 278 g/mol. The minimum Gasteiger partial charge on any atom is -0.480 e. The summed E-state index contributed by atoms with van der Waals surface area (Å²) in [5, 5.41) is 9.90. The highest BCUT2D eigenvalue weighted by Gasteiger charge is 2.35. The molecule has 2 rings (SSSR count). The fraction of sp³-hybridized carbons (Fsp3) is 0.467. The molecule has 4 nitrogen and oxygen atoms in total. The van der Waals surface area contributed by atoms with Crippen molar-refractivity contribution in [3.8, 4) is 0 Å². The molecule has 0 spiro atoms. The van der Waals surface area contributed by atoms with Crippen molar-refractivity contribution < 1.29 is 14.7 Å². The Labute approximate surface area is 123 Å². The van der Waals surface area contributed by atoms with Crippen LogP contribution in [-0.2, 0) is 4.79 Å². The number of rotatable bonds is 3. The second-order valence-electron chi connectivity index (χ2n) is 5.16. The van der Waals surface area contributed by atoms with Crippen LogP contribution in [-0.4, -0.2) is 34.5 Å². The van der Waals surface area contributed by atoms with E-state index in [2.05, 4.69) is 6.92 Å². The maximum atomic E-state index is 12.4. The van der Waals surface area contributed by atoms with E-state index in [1.165, 1.54) is 4.90 Å². The van der Waals surface area contributed by atoms with E-state index in [1.807, 2.05) is 0 Å². The van der Waals surface area contributed by atoms with Crippen molar-refractivity contribution in [2.45, 2.75) is 32.2 Å². The summed E-state index contributed by atoms with van der Waals surface area (Å²) in [5.74, 6) is -0.778. The summed E-state index contributed by atoms with van der Waals surface area (Å²) in [7, 11) is 0. The first kappa shape index (κ1) is 14.9. The van der Waals surface area contributed by atoms with Gasteiger partial charge in [-0.1, -0.05) is 24.9 Å². The zero-order valence-electron chi connectivity index (χ0n) is 11.4. The highest BCUT2D eigenvalue weighted by molar-refractivity contribution is 6.30. The van der Waals surface area contributed by atoms with Crippen LogP contribution in [0, 0.1) is 5.92 Å². The molecule has 1 fully saturated rings. The van der Waals surface area contributed by atoms with Gasteiger partial charge in [0, 0.05) is 17.1 Å². The molecule has 1 N–H and O–H groups in total. The third-order valence-corrected chi connectivity index (χ3v) is 4.18. The van der Waals surface area contributed by atoms with Gasteiger partial charge in [-0.05, 0) is 43.0 Å². The number of aliphatic carboxylic acids is 1. The quantitative estimate of drug-likeness (QED) is 0.932. The van der Waals surface area contributed by atoms with Gasteiger partial charge in [0.2, 0.25) is 0 Å². The molecule has 0 saturated carbocycles. The number of hydrogen-bond donors (Lipinski definition) is 1. The molecule has 108 valence electrons. The minimum absolute atomic E-state index is 0.233. The van der Waals surface area contributed by atoms with Gasteiger partial charge in [-0.25, -0.2) is 4.79 Å². The minimum atomic E-state index is -0.925. The second-order valence-corrected chi connectivity index (χ2v) is 5.59. The van der Waals surface area contributed by atoms with Gasteiger partial charge in [-0.3, -0.25) is 4.79 Å². The van der Waals surface area contributed by atoms with Crippen LogP contribution in [0.2, 0.25) is 5.02 Å². The molecular formula is C15H18ClNO3. The van der Waals surface area contributed by atoms with Gasteiger partial charge in [0.1, 0.15) is 6.04 Å². The van der Waals surface area contributed by atoms with Crippen molar-refractivity contribution in [2.75, 3.05) is 6.54 Å². The van der Waals surface area contributed by atoms with Gasteiger partial charge < -0.3 is 10.0 Å². The van der Waals surface area contributed by atoms with Crippen LogP contribution in [0.1, 0.15) is 36.5 Å². The lowest BCUT2D eigenvalue weighted by Crippen LogP contribution is -2.50. The largest absolute Gasteiger partial charge is 0.480 e. The molecule has 2 atom stereocenters. The van der Waals surface area contributed by atoms with E-state index >= 15 is 0 Å². The van der Waals surface area contributed by atoms with Crippen LogP contribution < -0.4 is 0 Å². The number of hydrogen-bond acceptors (Lipinski definition) is 2. The van der Waals surface area contributed by atoms with Gasteiger partial charge in [0.15, 0.2) is 0 Å². The standard InChI is InChI=1S/C15H18ClNO3/c1-2-10-7-8-17(13(9-10)15(19)20)14(18)11-3-5-12(16)6-4-11/h3-6,10,13H,2,7-9H2,1H3,(H,19,20). The lowest BCUT2D eigenvalue weighted by atomic mass is 9.88. The van der Waals surface area contributed by atoms with Gasteiger partial charge in [0.25, 0.3) is 5.91 Å². The van der Waals surface area contributed by atoms with Crippen LogP contribution in [0.4, 0.5) is 0 Å². The average Bonchev–Trinajstić information content (AvgIpc) is 2.46. The second kappa shape index (κ2) is 6.27. The SMILES string of the molecule is CCC1CCN(C(=O)c2ccc(Cl)cc2)C(C(=O)O)C1. The van der Waals surface area contributed by atoms with E-state index in [1.54, 1.807) is 24.3 Å². The van der Waals surface area contributed by atoms with Crippen molar-refractivity contribution >= 4 is 23.5 Å². The van der Waals surface area contributed by atoms with Crippen LogP contribution in [0.5, 0.6) is 0 Å². The smallest absolute Gasteiger partial charge is 0.326 e. The van der Waals surface area contributed by atoms with E-state index in [0.29, 0.717) is 29.5 Å². The predicted octanol–water partition coefficient (Wildman–Crippen LogP) is 3.06. The summed E-state index contributed by atoms with van der Waals surface area (Å²) >= 11 is 5.80. The predicted molar refractivity (Wildman–Crippen MR) is 76.9 cm³/mol. The first-order valence-corrected chi connectivity index (χ1v) is 7.20. The van der Waals surface area contributed by atoms with E-state index in [0.717, 1.165) is 12.8 Å². The number of piperidine rings is 1. The lowest BCUT2D eigenvalue weighted by molar-refractivity contribution is -0.144.